The molecule has 0 unspecified atom stereocenters. The monoisotopic (exact) mass is 568 g/mol. The van der Waals surface area contributed by atoms with Gasteiger partial charge in [-0.15, -0.1) is 0 Å². The van der Waals surface area contributed by atoms with Crippen LogP contribution in [-0.2, 0) is 33.2 Å². The summed E-state index contributed by atoms with van der Waals surface area (Å²) < 4.78 is 8.89. The van der Waals surface area contributed by atoms with Gasteiger partial charge in [0.05, 0.1) is 24.5 Å². The molecule has 5 rings (SSSR count). The molecular formula is C31H36N8O3. The molecule has 0 atom stereocenters. The number of aromatic nitrogens is 6. The number of ether oxygens (including phenoxy) is 1. The number of carbonyl (C=O) groups is 1. The lowest BCUT2D eigenvalue weighted by Crippen LogP contribution is -2.28. The molecule has 0 aliphatic heterocycles. The minimum absolute atomic E-state index is 0.0401. The van der Waals surface area contributed by atoms with Crippen LogP contribution in [0.15, 0.2) is 54.7 Å². The van der Waals surface area contributed by atoms with E-state index >= 15 is 0 Å². The van der Waals surface area contributed by atoms with Gasteiger partial charge < -0.3 is 14.7 Å². The third-order valence-corrected chi connectivity index (χ3v) is 7.34. The fourth-order valence-electron chi connectivity index (χ4n) is 5.05. The van der Waals surface area contributed by atoms with Crippen LogP contribution in [0.25, 0.3) is 22.4 Å². The molecule has 1 amide bonds. The van der Waals surface area contributed by atoms with E-state index in [9.17, 15) is 9.90 Å². The van der Waals surface area contributed by atoms with Crippen molar-refractivity contribution >= 4 is 16.8 Å². The number of aromatic hydroxyl groups is 1. The molecule has 3 aromatic heterocycles. The number of rotatable bonds is 10. The molecule has 11 nitrogen and oxygen atoms in total. The second-order valence-electron chi connectivity index (χ2n) is 10.5. The van der Waals surface area contributed by atoms with Crippen LogP contribution in [0.5, 0.6) is 11.5 Å². The number of phenols is 1. The van der Waals surface area contributed by atoms with Gasteiger partial charge in [0.25, 0.3) is 5.91 Å². The third-order valence-electron chi connectivity index (χ3n) is 7.34. The van der Waals surface area contributed by atoms with Gasteiger partial charge in [-0.1, -0.05) is 12.1 Å². The number of amides is 1. The predicted molar refractivity (Wildman–Crippen MR) is 160 cm³/mol. The number of hydrogen-bond donors (Lipinski definition) is 1. The highest BCUT2D eigenvalue weighted by molar-refractivity contribution is 6.05. The Morgan fingerprint density at radius 1 is 1.02 bits per heavy atom. The van der Waals surface area contributed by atoms with Crippen molar-refractivity contribution in [1.82, 2.24) is 39.3 Å². The van der Waals surface area contributed by atoms with Crippen LogP contribution in [0.4, 0.5) is 0 Å². The van der Waals surface area contributed by atoms with E-state index < -0.39 is 0 Å². The molecule has 3 heterocycles. The van der Waals surface area contributed by atoms with E-state index in [0.717, 1.165) is 35.8 Å². The van der Waals surface area contributed by atoms with E-state index in [1.54, 1.807) is 42.1 Å². The molecule has 0 bridgehead atoms. The van der Waals surface area contributed by atoms with Crippen molar-refractivity contribution in [3.05, 3.63) is 82.9 Å². The Labute approximate surface area is 245 Å². The molecule has 0 saturated heterocycles. The molecule has 0 aliphatic rings. The summed E-state index contributed by atoms with van der Waals surface area (Å²) >= 11 is 0. The van der Waals surface area contributed by atoms with E-state index in [0.29, 0.717) is 35.5 Å². The topological polar surface area (TPSA) is 114 Å². The Kier molecular flexibility index (Phi) is 8.21. The lowest BCUT2D eigenvalue weighted by atomic mass is 10.1. The van der Waals surface area contributed by atoms with Crippen LogP contribution in [-0.4, -0.2) is 71.5 Å². The van der Waals surface area contributed by atoms with Crippen LogP contribution in [0, 0.1) is 6.92 Å². The minimum Gasteiger partial charge on any atom is -0.508 e. The van der Waals surface area contributed by atoms with Crippen LogP contribution in [0.1, 0.15) is 39.9 Å². The van der Waals surface area contributed by atoms with Crippen molar-refractivity contribution < 1.29 is 14.6 Å². The van der Waals surface area contributed by atoms with Gasteiger partial charge in [0, 0.05) is 56.9 Å². The summed E-state index contributed by atoms with van der Waals surface area (Å²) in [5.74, 6) is 0.977. The Bertz CT molecular complexity index is 1720. The number of carbonyl (C=O) groups excluding carboxylic acids is 1. The van der Waals surface area contributed by atoms with Gasteiger partial charge >= 0.3 is 0 Å². The first-order chi connectivity index (χ1) is 20.2. The standard InChI is InChI=1S/C31H36N8O3/c1-7-39-20(2)22(16-32-39)18-37(4)31(41)29-26-15-24(40)10-13-27(26)33-30(34-29)28-14-23(35-38(28)5)19-36(3)17-21-8-11-25(42-6)12-9-21/h8-16,40H,7,17-19H2,1-6H3. The lowest BCUT2D eigenvalue weighted by molar-refractivity contribution is 0.0781. The van der Waals surface area contributed by atoms with Crippen LogP contribution in [0.3, 0.4) is 0 Å². The molecular weight excluding hydrogens is 532 g/mol. The van der Waals surface area contributed by atoms with Crippen LogP contribution in [0.2, 0.25) is 0 Å². The second-order valence-corrected chi connectivity index (χ2v) is 10.5. The normalized spacial score (nSPS) is 11.4. The van der Waals surface area contributed by atoms with Crippen LogP contribution < -0.4 is 4.74 Å². The van der Waals surface area contributed by atoms with Gasteiger partial charge in [0.1, 0.15) is 22.9 Å². The lowest BCUT2D eigenvalue weighted by Gasteiger charge is -2.18. The van der Waals surface area contributed by atoms with E-state index in [4.69, 9.17) is 19.8 Å². The highest BCUT2D eigenvalue weighted by Gasteiger charge is 2.22. The molecule has 42 heavy (non-hydrogen) atoms. The smallest absolute Gasteiger partial charge is 0.273 e. The summed E-state index contributed by atoms with van der Waals surface area (Å²) in [6.45, 7) is 6.51. The van der Waals surface area contributed by atoms with E-state index in [1.165, 1.54) is 11.6 Å². The number of fused-ring (bicyclic) bond motifs is 1. The summed E-state index contributed by atoms with van der Waals surface area (Å²) in [7, 11) is 7.28. The molecule has 1 N–H and O–H groups in total. The molecule has 0 fully saturated rings. The van der Waals surface area contributed by atoms with Gasteiger partial charge in [0.15, 0.2) is 5.82 Å². The highest BCUT2D eigenvalue weighted by Crippen LogP contribution is 2.27. The number of benzene rings is 2. The van der Waals surface area contributed by atoms with Gasteiger partial charge in [-0.05, 0) is 62.9 Å². The highest BCUT2D eigenvalue weighted by atomic mass is 16.5. The minimum atomic E-state index is -0.278. The van der Waals surface area contributed by atoms with Gasteiger partial charge in [-0.25, -0.2) is 9.97 Å². The third kappa shape index (κ3) is 5.96. The summed E-state index contributed by atoms with van der Waals surface area (Å²) in [6, 6.07) is 14.7. The van der Waals surface area contributed by atoms with E-state index in [2.05, 4.69) is 10.00 Å². The Hall–Kier alpha value is -4.77. The summed E-state index contributed by atoms with van der Waals surface area (Å²) in [4.78, 5) is 27.1. The predicted octanol–water partition coefficient (Wildman–Crippen LogP) is 4.17. The van der Waals surface area contributed by atoms with Crippen LogP contribution >= 0.6 is 0 Å². The number of aryl methyl sites for hydroxylation is 2. The van der Waals surface area contributed by atoms with E-state index in [-0.39, 0.29) is 17.4 Å². The first-order valence-corrected chi connectivity index (χ1v) is 13.8. The zero-order chi connectivity index (χ0) is 30.0. The first-order valence-electron chi connectivity index (χ1n) is 13.8. The maximum Gasteiger partial charge on any atom is 0.273 e. The summed E-state index contributed by atoms with van der Waals surface area (Å²) in [5.41, 5.74) is 5.46. The largest absolute Gasteiger partial charge is 0.508 e. The maximum atomic E-state index is 13.8. The zero-order valence-electron chi connectivity index (χ0n) is 24.9. The van der Waals surface area contributed by atoms with Gasteiger partial charge in [0.2, 0.25) is 0 Å². The SMILES string of the molecule is CCn1ncc(CN(C)C(=O)c2nc(-c3cc(CN(C)Cc4ccc(OC)cc4)nn3C)nc3ccc(O)cc23)c1C. The van der Waals surface area contributed by atoms with Gasteiger partial charge in [-0.3, -0.25) is 19.1 Å². The number of nitrogens with zero attached hydrogens (tertiary/aromatic N) is 8. The molecule has 5 aromatic rings. The molecule has 11 heteroatoms. The summed E-state index contributed by atoms with van der Waals surface area (Å²) in [5, 5.41) is 19.8. The van der Waals surface area contributed by atoms with Crippen molar-refractivity contribution in [3.8, 4) is 23.0 Å². The number of methoxy groups -OCH3 is 1. The van der Waals surface area contributed by atoms with E-state index in [1.807, 2.05) is 63.0 Å². The van der Waals surface area contributed by atoms with Crippen molar-refractivity contribution in [2.75, 3.05) is 21.2 Å². The Morgan fingerprint density at radius 2 is 1.79 bits per heavy atom. The number of phenolic OH excluding ortho intramolecular Hbond substituents is 1. The van der Waals surface area contributed by atoms with Crippen molar-refractivity contribution in [1.29, 1.82) is 0 Å². The molecule has 0 spiro atoms. The fourth-order valence-corrected chi connectivity index (χ4v) is 5.05. The van der Waals surface area contributed by atoms with Crippen molar-refractivity contribution in [3.63, 3.8) is 0 Å². The quantitative estimate of drug-likeness (QED) is 0.267. The maximum absolute atomic E-state index is 13.8. The first kappa shape index (κ1) is 28.7. The van der Waals surface area contributed by atoms with Crippen molar-refractivity contribution in [2.24, 2.45) is 7.05 Å². The Morgan fingerprint density at radius 3 is 2.48 bits per heavy atom. The molecule has 0 radical (unpaired) electrons. The average Bonchev–Trinajstić information content (AvgIpc) is 3.52. The van der Waals surface area contributed by atoms with Crippen molar-refractivity contribution in [2.45, 2.75) is 40.0 Å². The van der Waals surface area contributed by atoms with Gasteiger partial charge in [-0.2, -0.15) is 10.2 Å². The Balaban J connectivity index is 1.42. The summed E-state index contributed by atoms with van der Waals surface area (Å²) in [6.07, 6.45) is 1.79. The molecule has 2 aromatic carbocycles. The second kappa shape index (κ2) is 12.0. The molecule has 0 aliphatic carbocycles. The molecule has 0 saturated carbocycles. The average molecular weight is 569 g/mol. The number of hydrogen-bond acceptors (Lipinski definition) is 8. The zero-order valence-corrected chi connectivity index (χ0v) is 24.9. The fraction of sp³-hybridized carbons (Fsp3) is 0.323. The molecule has 218 valence electrons.